The molecule has 4 heteroatoms. The smallest absolute Gasteiger partial charge is 0.0725 e. The van der Waals surface area contributed by atoms with E-state index >= 15 is 0 Å². The monoisotopic (exact) mass is 221 g/mol. The quantitative estimate of drug-likeness (QED) is 0.573. The van der Waals surface area contributed by atoms with Crippen LogP contribution in [0.15, 0.2) is 23.4 Å². The summed E-state index contributed by atoms with van der Waals surface area (Å²) in [4.78, 5) is 4.94. The number of thioether (sulfide) groups is 1. The van der Waals surface area contributed by atoms with Gasteiger partial charge in [0.2, 0.25) is 0 Å². The van der Waals surface area contributed by atoms with E-state index in [0.717, 1.165) is 4.90 Å². The summed E-state index contributed by atoms with van der Waals surface area (Å²) in [5, 5.41) is 1.08. The molecular weight excluding hydrogens is 213 g/mol. The molecule has 1 rings (SSSR count). The van der Waals surface area contributed by atoms with E-state index in [1.54, 1.807) is 24.2 Å². The van der Waals surface area contributed by atoms with E-state index in [2.05, 4.69) is 11.9 Å². The predicted molar refractivity (Wildman–Crippen MR) is 55.3 cm³/mol. The lowest BCUT2D eigenvalue weighted by Gasteiger charge is -2.07. The number of nitrogens with zero attached hydrogens (tertiary/aromatic N) is 1. The summed E-state index contributed by atoms with van der Waals surface area (Å²) >= 11 is 13.2. The predicted octanol–water partition coefficient (Wildman–Crippen LogP) is 3.45. The van der Waals surface area contributed by atoms with Crippen LogP contribution in [0, 0.1) is 0 Å². The lowest BCUT2D eigenvalue weighted by atomic mass is 10.5. The molecule has 1 unspecified atom stereocenters. The number of rotatable bonds is 3. The minimum absolute atomic E-state index is 0.381. The summed E-state index contributed by atoms with van der Waals surface area (Å²) < 4.78 is 0. The van der Waals surface area contributed by atoms with Gasteiger partial charge >= 0.3 is 0 Å². The highest BCUT2D eigenvalue weighted by Crippen LogP contribution is 2.29. The summed E-state index contributed by atoms with van der Waals surface area (Å²) in [5.74, 6) is 0.628. The topological polar surface area (TPSA) is 12.9 Å². The zero-order valence-electron chi connectivity index (χ0n) is 6.63. The van der Waals surface area contributed by atoms with E-state index in [1.807, 2.05) is 6.07 Å². The molecule has 0 saturated heterocycles. The fourth-order valence-corrected chi connectivity index (χ4v) is 1.95. The van der Waals surface area contributed by atoms with Crippen LogP contribution in [0.4, 0.5) is 0 Å². The molecule has 12 heavy (non-hydrogen) atoms. The van der Waals surface area contributed by atoms with Gasteiger partial charge < -0.3 is 0 Å². The molecule has 1 atom stereocenters. The van der Waals surface area contributed by atoms with Crippen molar-refractivity contribution in [3.63, 3.8) is 0 Å². The van der Waals surface area contributed by atoms with Crippen LogP contribution in [0.2, 0.25) is 5.02 Å². The number of hydrogen-bond acceptors (Lipinski definition) is 2. The molecule has 0 radical (unpaired) electrons. The molecule has 1 nitrogen and oxygen atoms in total. The van der Waals surface area contributed by atoms with E-state index < -0.39 is 0 Å². The maximum absolute atomic E-state index is 5.90. The molecule has 0 N–H and O–H groups in total. The summed E-state index contributed by atoms with van der Waals surface area (Å²) in [5.41, 5.74) is 0. The third kappa shape index (κ3) is 2.85. The highest BCUT2D eigenvalue weighted by molar-refractivity contribution is 8.00. The van der Waals surface area contributed by atoms with Gasteiger partial charge in [-0.25, -0.2) is 0 Å². The third-order valence-electron chi connectivity index (χ3n) is 1.28. The standard InChI is InChI=1S/C8H9Cl2NS/c1-6(4-9)12-8-2-3-11-5-7(8)10/h2-3,5-6H,4H2,1H3. The fraction of sp³-hybridized carbons (Fsp3) is 0.375. The van der Waals surface area contributed by atoms with Gasteiger partial charge in [0.25, 0.3) is 0 Å². The first kappa shape index (κ1) is 10.2. The third-order valence-corrected chi connectivity index (χ3v) is 3.52. The van der Waals surface area contributed by atoms with E-state index in [0.29, 0.717) is 16.2 Å². The Labute approximate surface area is 86.5 Å². The molecule has 0 fully saturated rings. The van der Waals surface area contributed by atoms with Crippen molar-refractivity contribution < 1.29 is 0 Å². The molecule has 0 aliphatic carbocycles. The number of halogens is 2. The van der Waals surface area contributed by atoms with Gasteiger partial charge in [-0.15, -0.1) is 23.4 Å². The minimum atomic E-state index is 0.381. The first-order valence-corrected chi connectivity index (χ1v) is 5.35. The molecule has 0 amide bonds. The number of aromatic nitrogens is 1. The molecule has 0 saturated carbocycles. The Hall–Kier alpha value is 0.0800. The molecule has 0 aliphatic rings. The van der Waals surface area contributed by atoms with Gasteiger partial charge in [-0.1, -0.05) is 18.5 Å². The Balaban J connectivity index is 2.69. The van der Waals surface area contributed by atoms with E-state index in [9.17, 15) is 0 Å². The van der Waals surface area contributed by atoms with Gasteiger partial charge in [0.05, 0.1) is 5.02 Å². The molecule has 1 heterocycles. The van der Waals surface area contributed by atoms with E-state index in [1.165, 1.54) is 0 Å². The second kappa shape index (κ2) is 4.95. The Morgan fingerprint density at radius 1 is 1.67 bits per heavy atom. The normalized spacial score (nSPS) is 12.9. The van der Waals surface area contributed by atoms with E-state index in [-0.39, 0.29) is 0 Å². The van der Waals surface area contributed by atoms with Crippen molar-refractivity contribution >= 4 is 35.0 Å². The van der Waals surface area contributed by atoms with Gasteiger partial charge in [0, 0.05) is 28.4 Å². The first-order valence-electron chi connectivity index (χ1n) is 3.56. The number of hydrogen-bond donors (Lipinski definition) is 0. The average molecular weight is 222 g/mol. The van der Waals surface area contributed by atoms with Crippen molar-refractivity contribution in [3.8, 4) is 0 Å². The zero-order valence-corrected chi connectivity index (χ0v) is 8.96. The summed E-state index contributed by atoms with van der Waals surface area (Å²) in [7, 11) is 0. The highest BCUT2D eigenvalue weighted by atomic mass is 35.5. The molecular formula is C8H9Cl2NS. The number of pyridine rings is 1. The maximum Gasteiger partial charge on any atom is 0.0725 e. The van der Waals surface area contributed by atoms with Crippen molar-refractivity contribution in [2.75, 3.05) is 5.88 Å². The Morgan fingerprint density at radius 2 is 2.42 bits per heavy atom. The molecule has 0 spiro atoms. The molecule has 0 aliphatic heterocycles. The highest BCUT2D eigenvalue weighted by Gasteiger charge is 2.05. The SMILES string of the molecule is CC(CCl)Sc1ccncc1Cl. The lowest BCUT2D eigenvalue weighted by molar-refractivity contribution is 1.11. The van der Waals surface area contributed by atoms with E-state index in [4.69, 9.17) is 23.2 Å². The Morgan fingerprint density at radius 3 is 3.00 bits per heavy atom. The Kier molecular flexibility index (Phi) is 4.19. The van der Waals surface area contributed by atoms with Crippen LogP contribution in [0.1, 0.15) is 6.92 Å². The lowest BCUT2D eigenvalue weighted by Crippen LogP contribution is -1.96. The van der Waals surface area contributed by atoms with Gasteiger partial charge in [0.15, 0.2) is 0 Å². The van der Waals surface area contributed by atoms with Crippen LogP contribution in [0.3, 0.4) is 0 Å². The fourth-order valence-electron chi connectivity index (χ4n) is 0.706. The molecule has 1 aromatic heterocycles. The van der Waals surface area contributed by atoms with Crippen LogP contribution >= 0.6 is 35.0 Å². The van der Waals surface area contributed by atoms with Crippen LogP contribution in [0.25, 0.3) is 0 Å². The van der Waals surface area contributed by atoms with Crippen molar-refractivity contribution in [1.29, 1.82) is 0 Å². The largest absolute Gasteiger partial charge is 0.263 e. The summed E-state index contributed by atoms with van der Waals surface area (Å²) in [6, 6.07) is 1.90. The average Bonchev–Trinajstić information content (AvgIpc) is 2.09. The van der Waals surface area contributed by atoms with Gasteiger partial charge in [-0.05, 0) is 6.07 Å². The van der Waals surface area contributed by atoms with Crippen molar-refractivity contribution in [3.05, 3.63) is 23.5 Å². The molecule has 1 aromatic rings. The number of alkyl halides is 1. The second-order valence-corrected chi connectivity index (χ2v) is 4.58. The van der Waals surface area contributed by atoms with Gasteiger partial charge in [-0.2, -0.15) is 0 Å². The van der Waals surface area contributed by atoms with Crippen molar-refractivity contribution in [1.82, 2.24) is 4.98 Å². The van der Waals surface area contributed by atoms with Crippen molar-refractivity contribution in [2.45, 2.75) is 17.1 Å². The van der Waals surface area contributed by atoms with Gasteiger partial charge in [0.1, 0.15) is 0 Å². The van der Waals surface area contributed by atoms with Crippen LogP contribution < -0.4 is 0 Å². The first-order chi connectivity index (χ1) is 5.74. The van der Waals surface area contributed by atoms with Crippen LogP contribution in [0.5, 0.6) is 0 Å². The second-order valence-electron chi connectivity index (χ2n) is 2.39. The Bertz CT molecular complexity index is 255. The molecule has 0 bridgehead atoms. The van der Waals surface area contributed by atoms with Crippen molar-refractivity contribution in [2.24, 2.45) is 0 Å². The zero-order chi connectivity index (χ0) is 8.97. The van der Waals surface area contributed by atoms with Gasteiger partial charge in [-0.3, -0.25) is 4.98 Å². The maximum atomic E-state index is 5.90. The summed E-state index contributed by atoms with van der Waals surface area (Å²) in [6.07, 6.45) is 3.38. The molecule has 0 aromatic carbocycles. The summed E-state index contributed by atoms with van der Waals surface area (Å²) in [6.45, 7) is 2.06. The minimum Gasteiger partial charge on any atom is -0.263 e. The van der Waals surface area contributed by atoms with Crippen LogP contribution in [-0.2, 0) is 0 Å². The molecule has 66 valence electrons. The van der Waals surface area contributed by atoms with Crippen LogP contribution in [-0.4, -0.2) is 16.1 Å².